The predicted molar refractivity (Wildman–Crippen MR) is 51.2 cm³/mol. The molecule has 0 saturated carbocycles. The molecule has 12 heavy (non-hydrogen) atoms. The molecule has 0 unspecified atom stereocenters. The maximum Gasteiger partial charge on any atom is 0.224 e. The fourth-order valence-corrected chi connectivity index (χ4v) is 1.50. The summed E-state index contributed by atoms with van der Waals surface area (Å²) >= 11 is 1.61. The molecule has 64 valence electrons. The summed E-state index contributed by atoms with van der Waals surface area (Å²) in [6, 6.07) is 1.96. The van der Waals surface area contributed by atoms with Gasteiger partial charge in [-0.05, 0) is 22.4 Å². The number of carbonyl (C=O) groups is 1. The predicted octanol–water partition coefficient (Wildman–Crippen LogP) is 1.59. The van der Waals surface area contributed by atoms with Gasteiger partial charge in [-0.25, -0.2) is 0 Å². The molecule has 0 aromatic carbocycles. The van der Waals surface area contributed by atoms with Crippen LogP contribution < -0.4 is 5.32 Å². The van der Waals surface area contributed by atoms with Gasteiger partial charge in [-0.15, -0.1) is 6.58 Å². The Morgan fingerprint density at radius 1 is 1.75 bits per heavy atom. The molecule has 0 bridgehead atoms. The van der Waals surface area contributed by atoms with Crippen molar-refractivity contribution in [2.75, 3.05) is 6.54 Å². The van der Waals surface area contributed by atoms with Gasteiger partial charge in [0.2, 0.25) is 5.91 Å². The second kappa shape index (κ2) is 4.72. The highest BCUT2D eigenvalue weighted by Gasteiger charge is 2.00. The quantitative estimate of drug-likeness (QED) is 0.702. The third kappa shape index (κ3) is 2.88. The van der Waals surface area contributed by atoms with Gasteiger partial charge in [0, 0.05) is 6.54 Å². The number of hydrogen-bond donors (Lipinski definition) is 1. The fourth-order valence-electron chi connectivity index (χ4n) is 0.827. The van der Waals surface area contributed by atoms with Crippen LogP contribution in [0, 0.1) is 0 Å². The van der Waals surface area contributed by atoms with Crippen molar-refractivity contribution in [3.8, 4) is 0 Å². The maximum atomic E-state index is 11.1. The Labute approximate surface area is 75.9 Å². The van der Waals surface area contributed by atoms with Crippen LogP contribution >= 0.6 is 11.3 Å². The van der Waals surface area contributed by atoms with Crippen molar-refractivity contribution >= 4 is 17.2 Å². The van der Waals surface area contributed by atoms with Crippen LogP contribution in [0.25, 0.3) is 0 Å². The van der Waals surface area contributed by atoms with Crippen molar-refractivity contribution < 1.29 is 4.79 Å². The number of thiophene rings is 1. The maximum absolute atomic E-state index is 11.1. The Balaban J connectivity index is 2.32. The third-order valence-corrected chi connectivity index (χ3v) is 2.12. The monoisotopic (exact) mass is 181 g/mol. The van der Waals surface area contributed by atoms with Gasteiger partial charge >= 0.3 is 0 Å². The summed E-state index contributed by atoms with van der Waals surface area (Å²) in [6.45, 7) is 4.06. The molecular weight excluding hydrogens is 170 g/mol. The lowest BCUT2D eigenvalue weighted by atomic mass is 10.2. The average Bonchev–Trinajstić information content (AvgIpc) is 2.53. The smallest absolute Gasteiger partial charge is 0.224 e. The topological polar surface area (TPSA) is 29.1 Å². The molecule has 0 atom stereocenters. The van der Waals surface area contributed by atoms with Crippen molar-refractivity contribution in [2.45, 2.75) is 6.42 Å². The summed E-state index contributed by atoms with van der Waals surface area (Å²) in [5, 5.41) is 6.67. The number of rotatable bonds is 4. The Morgan fingerprint density at radius 3 is 3.17 bits per heavy atom. The highest BCUT2D eigenvalue weighted by Crippen LogP contribution is 2.05. The van der Waals surface area contributed by atoms with Gasteiger partial charge < -0.3 is 5.32 Å². The Bertz CT molecular complexity index is 254. The van der Waals surface area contributed by atoms with E-state index in [1.165, 1.54) is 0 Å². The molecule has 0 fully saturated rings. The highest BCUT2D eigenvalue weighted by molar-refractivity contribution is 7.07. The van der Waals surface area contributed by atoms with Gasteiger partial charge in [-0.3, -0.25) is 4.79 Å². The van der Waals surface area contributed by atoms with Crippen molar-refractivity contribution in [1.82, 2.24) is 5.32 Å². The minimum atomic E-state index is 0.0494. The first-order valence-corrected chi connectivity index (χ1v) is 4.66. The zero-order chi connectivity index (χ0) is 8.81. The molecule has 1 aromatic heterocycles. The van der Waals surface area contributed by atoms with Gasteiger partial charge in [0.1, 0.15) is 0 Å². The van der Waals surface area contributed by atoms with Gasteiger partial charge in [0.15, 0.2) is 0 Å². The lowest BCUT2D eigenvalue weighted by Gasteiger charge is -1.98. The van der Waals surface area contributed by atoms with Crippen LogP contribution in [0.4, 0.5) is 0 Å². The van der Waals surface area contributed by atoms with E-state index in [9.17, 15) is 4.79 Å². The second-order valence-electron chi connectivity index (χ2n) is 2.40. The largest absolute Gasteiger partial charge is 0.352 e. The van der Waals surface area contributed by atoms with E-state index in [0.717, 1.165) is 5.56 Å². The number of nitrogens with one attached hydrogen (secondary N) is 1. The van der Waals surface area contributed by atoms with Crippen LogP contribution in [0.3, 0.4) is 0 Å². The Morgan fingerprint density at radius 2 is 2.58 bits per heavy atom. The molecule has 0 radical (unpaired) electrons. The normalized spacial score (nSPS) is 9.33. The second-order valence-corrected chi connectivity index (χ2v) is 3.18. The van der Waals surface area contributed by atoms with Gasteiger partial charge in [-0.1, -0.05) is 6.08 Å². The van der Waals surface area contributed by atoms with E-state index >= 15 is 0 Å². The molecule has 0 saturated heterocycles. The summed E-state index contributed by atoms with van der Waals surface area (Å²) in [5.41, 5.74) is 1.07. The van der Waals surface area contributed by atoms with Gasteiger partial charge in [0.05, 0.1) is 6.42 Å². The number of carbonyl (C=O) groups excluding carboxylic acids is 1. The first-order chi connectivity index (χ1) is 5.83. The van der Waals surface area contributed by atoms with Gasteiger partial charge in [-0.2, -0.15) is 11.3 Å². The molecule has 1 N–H and O–H groups in total. The molecule has 0 aliphatic carbocycles. The summed E-state index contributed by atoms with van der Waals surface area (Å²) in [7, 11) is 0. The molecule has 1 rings (SSSR count). The molecule has 1 aromatic rings. The Hall–Kier alpha value is -1.09. The van der Waals surface area contributed by atoms with Crippen LogP contribution in [0.15, 0.2) is 29.5 Å². The molecule has 1 amide bonds. The van der Waals surface area contributed by atoms with Crippen LogP contribution in [0.5, 0.6) is 0 Å². The lowest BCUT2D eigenvalue weighted by molar-refractivity contribution is -0.120. The van der Waals surface area contributed by atoms with E-state index in [0.29, 0.717) is 13.0 Å². The van der Waals surface area contributed by atoms with Crippen LogP contribution in [0.2, 0.25) is 0 Å². The molecule has 1 heterocycles. The van der Waals surface area contributed by atoms with Crippen molar-refractivity contribution in [1.29, 1.82) is 0 Å². The average molecular weight is 181 g/mol. The van der Waals surface area contributed by atoms with Crippen molar-refractivity contribution in [3.63, 3.8) is 0 Å². The number of hydrogen-bond acceptors (Lipinski definition) is 2. The fraction of sp³-hybridized carbons (Fsp3) is 0.222. The van der Waals surface area contributed by atoms with E-state index in [1.807, 2.05) is 16.8 Å². The zero-order valence-electron chi connectivity index (χ0n) is 6.75. The third-order valence-electron chi connectivity index (χ3n) is 1.39. The summed E-state index contributed by atoms with van der Waals surface area (Å²) in [5.74, 6) is 0.0494. The van der Waals surface area contributed by atoms with Crippen molar-refractivity contribution in [2.24, 2.45) is 0 Å². The zero-order valence-corrected chi connectivity index (χ0v) is 7.56. The standard InChI is InChI=1S/C9H11NOS/c1-2-4-10-9(11)6-8-3-5-12-7-8/h2-3,5,7H,1,4,6H2,(H,10,11). The van der Waals surface area contributed by atoms with E-state index in [-0.39, 0.29) is 5.91 Å². The SMILES string of the molecule is C=CCNC(=O)Cc1ccsc1. The molecule has 0 aliphatic rings. The first-order valence-electron chi connectivity index (χ1n) is 3.71. The molecule has 3 heteroatoms. The summed E-state index contributed by atoms with van der Waals surface area (Å²) in [4.78, 5) is 11.1. The van der Waals surface area contributed by atoms with Crippen LogP contribution in [-0.4, -0.2) is 12.5 Å². The van der Waals surface area contributed by atoms with Crippen LogP contribution in [-0.2, 0) is 11.2 Å². The summed E-state index contributed by atoms with van der Waals surface area (Å²) in [6.07, 6.45) is 2.14. The van der Waals surface area contributed by atoms with Gasteiger partial charge in [0.25, 0.3) is 0 Å². The molecule has 2 nitrogen and oxygen atoms in total. The number of amides is 1. The highest BCUT2D eigenvalue weighted by atomic mass is 32.1. The molecular formula is C9H11NOS. The Kier molecular flexibility index (Phi) is 3.54. The minimum absolute atomic E-state index is 0.0494. The van der Waals surface area contributed by atoms with E-state index < -0.39 is 0 Å². The van der Waals surface area contributed by atoms with E-state index in [2.05, 4.69) is 11.9 Å². The first kappa shape index (κ1) is 9.00. The van der Waals surface area contributed by atoms with Crippen LogP contribution in [0.1, 0.15) is 5.56 Å². The summed E-state index contributed by atoms with van der Waals surface area (Å²) < 4.78 is 0. The lowest BCUT2D eigenvalue weighted by Crippen LogP contribution is -2.24. The van der Waals surface area contributed by atoms with Crippen molar-refractivity contribution in [3.05, 3.63) is 35.0 Å². The minimum Gasteiger partial charge on any atom is -0.352 e. The molecule has 0 aliphatic heterocycles. The molecule has 0 spiro atoms. The van der Waals surface area contributed by atoms with E-state index in [1.54, 1.807) is 17.4 Å². The van der Waals surface area contributed by atoms with E-state index in [4.69, 9.17) is 0 Å².